The van der Waals surface area contributed by atoms with Crippen LogP contribution in [0.5, 0.6) is 0 Å². The molecule has 1 unspecified atom stereocenters. The van der Waals surface area contributed by atoms with E-state index in [4.69, 9.17) is 5.84 Å². The number of hydrogen-bond acceptors (Lipinski definition) is 3. The first-order chi connectivity index (χ1) is 4.72. The lowest BCUT2D eigenvalue weighted by Gasteiger charge is -2.22. The van der Waals surface area contributed by atoms with Crippen molar-refractivity contribution in [1.29, 1.82) is 0 Å². The van der Waals surface area contributed by atoms with Gasteiger partial charge in [-0.05, 0) is 13.5 Å². The highest BCUT2D eigenvalue weighted by atomic mass is 15.4. The molecule has 62 valence electrons. The van der Waals surface area contributed by atoms with Gasteiger partial charge in [-0.25, -0.2) is 5.01 Å². The predicted octanol–water partition coefficient (Wildman–Crippen LogP) is 0.180. The zero-order valence-corrected chi connectivity index (χ0v) is 7.22. The molecular weight excluding hydrogens is 126 g/mol. The van der Waals surface area contributed by atoms with E-state index in [1.165, 1.54) is 0 Å². The Kier molecular flexibility index (Phi) is 5.58. The maximum Gasteiger partial charge on any atom is 0.0337 e. The van der Waals surface area contributed by atoms with Crippen molar-refractivity contribution in [3.63, 3.8) is 0 Å². The van der Waals surface area contributed by atoms with Crippen LogP contribution in [0.3, 0.4) is 0 Å². The van der Waals surface area contributed by atoms with E-state index in [1.54, 1.807) is 0 Å². The fourth-order valence-corrected chi connectivity index (χ4v) is 0.782. The molecule has 0 bridgehead atoms. The average Bonchev–Trinajstić information content (AvgIpc) is 1.98. The highest BCUT2D eigenvalue weighted by molar-refractivity contribution is 4.61. The summed E-state index contributed by atoms with van der Waals surface area (Å²) in [5, 5.41) is 5.08. The van der Waals surface area contributed by atoms with Crippen LogP contribution in [-0.2, 0) is 0 Å². The van der Waals surface area contributed by atoms with Crippen LogP contribution < -0.4 is 11.2 Å². The molecule has 3 nitrogen and oxygen atoms in total. The molecular formula is C7H19N3. The van der Waals surface area contributed by atoms with Gasteiger partial charge >= 0.3 is 0 Å². The lowest BCUT2D eigenvalue weighted by molar-refractivity contribution is 0.221. The molecule has 0 aliphatic carbocycles. The summed E-state index contributed by atoms with van der Waals surface area (Å²) >= 11 is 0. The second-order valence-electron chi connectivity index (χ2n) is 2.49. The zero-order valence-electron chi connectivity index (χ0n) is 7.22. The van der Waals surface area contributed by atoms with E-state index >= 15 is 0 Å². The zero-order chi connectivity index (χ0) is 7.98. The van der Waals surface area contributed by atoms with E-state index in [-0.39, 0.29) is 0 Å². The van der Waals surface area contributed by atoms with Gasteiger partial charge in [-0.3, -0.25) is 5.84 Å². The van der Waals surface area contributed by atoms with Crippen molar-refractivity contribution in [2.75, 3.05) is 19.6 Å². The minimum atomic E-state index is 0.435. The van der Waals surface area contributed by atoms with Gasteiger partial charge in [0.05, 0.1) is 0 Å². The molecule has 0 radical (unpaired) electrons. The predicted molar refractivity (Wildman–Crippen MR) is 44.6 cm³/mol. The number of rotatable bonds is 5. The summed E-state index contributed by atoms with van der Waals surface area (Å²) in [6.45, 7) is 9.17. The van der Waals surface area contributed by atoms with E-state index in [1.807, 2.05) is 5.01 Å². The smallest absolute Gasteiger partial charge is 0.0337 e. The summed E-state index contributed by atoms with van der Waals surface area (Å²) in [5.74, 6) is 5.65. The van der Waals surface area contributed by atoms with Crippen molar-refractivity contribution in [1.82, 2.24) is 10.3 Å². The molecule has 0 rings (SSSR count). The Morgan fingerprint density at radius 1 is 1.50 bits per heavy atom. The Morgan fingerprint density at radius 3 is 2.50 bits per heavy atom. The molecule has 0 aliphatic rings. The Hall–Kier alpha value is -0.120. The van der Waals surface area contributed by atoms with Gasteiger partial charge in [0, 0.05) is 19.1 Å². The maximum absolute atomic E-state index is 5.65. The van der Waals surface area contributed by atoms with Crippen molar-refractivity contribution < 1.29 is 0 Å². The Balaban J connectivity index is 3.31. The molecule has 0 spiro atoms. The normalized spacial score (nSPS) is 14.1. The minimum absolute atomic E-state index is 0.435. The van der Waals surface area contributed by atoms with E-state index in [2.05, 4.69) is 26.1 Å². The minimum Gasteiger partial charge on any atom is -0.315 e. The first kappa shape index (κ1) is 9.88. The Labute approximate surface area is 63.5 Å². The van der Waals surface area contributed by atoms with Crippen LogP contribution in [0.15, 0.2) is 0 Å². The Morgan fingerprint density at radius 2 is 2.10 bits per heavy atom. The molecule has 0 amide bonds. The number of nitrogens with one attached hydrogen (secondary N) is 1. The molecule has 0 aromatic heterocycles. The molecule has 10 heavy (non-hydrogen) atoms. The van der Waals surface area contributed by atoms with Gasteiger partial charge in [0.1, 0.15) is 0 Å². The monoisotopic (exact) mass is 145 g/mol. The van der Waals surface area contributed by atoms with Crippen molar-refractivity contribution in [3.8, 4) is 0 Å². The molecule has 0 aromatic carbocycles. The molecule has 0 heterocycles. The first-order valence-electron chi connectivity index (χ1n) is 3.94. The van der Waals surface area contributed by atoms with Crippen molar-refractivity contribution >= 4 is 0 Å². The summed E-state index contributed by atoms with van der Waals surface area (Å²) in [4.78, 5) is 0. The van der Waals surface area contributed by atoms with Gasteiger partial charge in [0.15, 0.2) is 0 Å². The molecule has 0 aliphatic heterocycles. The molecule has 3 N–H and O–H groups in total. The Bertz CT molecular complexity index is 75.3. The number of likely N-dealkylation sites (N-methyl/N-ethyl adjacent to an activating group) is 2. The van der Waals surface area contributed by atoms with Crippen LogP contribution in [-0.4, -0.2) is 30.7 Å². The van der Waals surface area contributed by atoms with Gasteiger partial charge in [-0.15, -0.1) is 0 Å². The third-order valence-corrected chi connectivity index (χ3v) is 1.62. The molecule has 1 atom stereocenters. The van der Waals surface area contributed by atoms with Crippen LogP contribution in [0, 0.1) is 0 Å². The third kappa shape index (κ3) is 3.82. The quantitative estimate of drug-likeness (QED) is 0.428. The van der Waals surface area contributed by atoms with Crippen LogP contribution >= 0.6 is 0 Å². The third-order valence-electron chi connectivity index (χ3n) is 1.62. The number of nitrogens with two attached hydrogens (primary N) is 1. The van der Waals surface area contributed by atoms with E-state index in [9.17, 15) is 0 Å². The lowest BCUT2D eigenvalue weighted by atomic mass is 10.3. The van der Waals surface area contributed by atoms with Crippen LogP contribution in [0.2, 0.25) is 0 Å². The van der Waals surface area contributed by atoms with E-state index in [0.717, 1.165) is 19.6 Å². The largest absolute Gasteiger partial charge is 0.315 e. The van der Waals surface area contributed by atoms with Crippen molar-refractivity contribution in [3.05, 3.63) is 0 Å². The van der Waals surface area contributed by atoms with E-state index < -0.39 is 0 Å². The highest BCUT2D eigenvalue weighted by Gasteiger charge is 2.04. The number of nitrogens with zero attached hydrogens (tertiary/aromatic N) is 1. The highest BCUT2D eigenvalue weighted by Crippen LogP contribution is 1.88. The van der Waals surface area contributed by atoms with E-state index in [0.29, 0.717) is 6.04 Å². The summed E-state index contributed by atoms with van der Waals surface area (Å²) in [6.07, 6.45) is 0. The van der Waals surface area contributed by atoms with Gasteiger partial charge in [-0.2, -0.15) is 0 Å². The van der Waals surface area contributed by atoms with Crippen molar-refractivity contribution in [2.24, 2.45) is 5.84 Å². The second-order valence-corrected chi connectivity index (χ2v) is 2.49. The molecule has 0 saturated carbocycles. The summed E-state index contributed by atoms with van der Waals surface area (Å²) in [6, 6.07) is 0.435. The molecule has 0 saturated heterocycles. The molecule has 0 aromatic rings. The number of hydrazine groups is 1. The molecule has 3 heteroatoms. The molecule has 0 fully saturated rings. The first-order valence-corrected chi connectivity index (χ1v) is 3.94. The van der Waals surface area contributed by atoms with Gasteiger partial charge in [0.2, 0.25) is 0 Å². The van der Waals surface area contributed by atoms with Crippen LogP contribution in [0.25, 0.3) is 0 Å². The maximum atomic E-state index is 5.65. The summed E-state index contributed by atoms with van der Waals surface area (Å²) in [5.41, 5.74) is 0. The average molecular weight is 145 g/mol. The second kappa shape index (κ2) is 5.65. The van der Waals surface area contributed by atoms with Gasteiger partial charge < -0.3 is 5.32 Å². The number of hydrogen-bond donors (Lipinski definition) is 2. The van der Waals surface area contributed by atoms with Crippen LogP contribution in [0.4, 0.5) is 0 Å². The standard InChI is InChI=1S/C7H19N3/c1-4-9-6-7(3)10(8)5-2/h7,9H,4-6,8H2,1-3H3. The SMILES string of the molecule is CCNCC(C)N(N)CC. The fraction of sp³-hybridized carbons (Fsp3) is 1.00. The van der Waals surface area contributed by atoms with Gasteiger partial charge in [-0.1, -0.05) is 13.8 Å². The fourth-order valence-electron chi connectivity index (χ4n) is 0.782. The summed E-state index contributed by atoms with van der Waals surface area (Å²) < 4.78 is 0. The van der Waals surface area contributed by atoms with Crippen molar-refractivity contribution in [2.45, 2.75) is 26.8 Å². The van der Waals surface area contributed by atoms with Crippen LogP contribution in [0.1, 0.15) is 20.8 Å². The summed E-state index contributed by atoms with van der Waals surface area (Å²) in [7, 11) is 0. The topological polar surface area (TPSA) is 41.3 Å². The lowest BCUT2D eigenvalue weighted by Crippen LogP contribution is -2.44. The van der Waals surface area contributed by atoms with Gasteiger partial charge in [0.25, 0.3) is 0 Å².